The second-order valence-corrected chi connectivity index (χ2v) is 13.3. The molecule has 10 heteroatoms. The van der Waals surface area contributed by atoms with E-state index in [1.165, 1.54) is 12.5 Å². The van der Waals surface area contributed by atoms with Crippen LogP contribution in [0.25, 0.3) is 10.8 Å². The minimum atomic E-state index is -0.229. The molecule has 3 fully saturated rings. The van der Waals surface area contributed by atoms with Gasteiger partial charge in [0.1, 0.15) is 24.0 Å². The van der Waals surface area contributed by atoms with E-state index in [-0.39, 0.29) is 29.6 Å². The molecule has 4 aliphatic heterocycles. The van der Waals surface area contributed by atoms with Gasteiger partial charge in [-0.15, -0.1) is 0 Å². The molecule has 5 heterocycles. The zero-order chi connectivity index (χ0) is 30.4. The largest absolute Gasteiger partial charge is 0.508 e. The van der Waals surface area contributed by atoms with Crippen LogP contribution >= 0.6 is 0 Å². The molecule has 3 atom stereocenters. The minimum Gasteiger partial charge on any atom is -0.508 e. The summed E-state index contributed by atoms with van der Waals surface area (Å²) in [6.07, 6.45) is 4.69. The summed E-state index contributed by atoms with van der Waals surface area (Å²) < 4.78 is 27.3. The van der Waals surface area contributed by atoms with Crippen molar-refractivity contribution in [2.45, 2.75) is 58.0 Å². The van der Waals surface area contributed by atoms with Crippen LogP contribution in [0, 0.1) is 17.7 Å². The zero-order valence-corrected chi connectivity index (χ0v) is 25.9. The summed E-state index contributed by atoms with van der Waals surface area (Å²) in [5.41, 5.74) is 3.47. The molecule has 0 aliphatic carbocycles. The smallest absolute Gasteiger partial charge is 0.318 e. The summed E-state index contributed by atoms with van der Waals surface area (Å²) in [5, 5.41) is 22.3. The van der Waals surface area contributed by atoms with E-state index in [1.807, 2.05) is 6.92 Å². The van der Waals surface area contributed by atoms with Gasteiger partial charge in [-0.25, -0.2) is 4.39 Å². The van der Waals surface area contributed by atoms with Crippen LogP contribution in [0.4, 0.5) is 15.9 Å². The van der Waals surface area contributed by atoms with E-state index < -0.39 is 0 Å². The fourth-order valence-corrected chi connectivity index (χ4v) is 8.20. The van der Waals surface area contributed by atoms with E-state index in [9.17, 15) is 14.6 Å². The number of anilines is 2. The van der Waals surface area contributed by atoms with Gasteiger partial charge in [0.15, 0.2) is 0 Å². The number of aromatic nitrogens is 2. The van der Waals surface area contributed by atoms with Crippen molar-refractivity contribution in [2.24, 2.45) is 11.8 Å². The number of hydrogen-bond acceptors (Lipinski definition) is 9. The predicted octanol–water partition coefficient (Wildman–Crippen LogP) is 4.30. The molecule has 1 unspecified atom stereocenters. The lowest BCUT2D eigenvalue weighted by atomic mass is 9.92. The molecule has 0 spiro atoms. The monoisotopic (exact) mass is 605 g/mol. The van der Waals surface area contributed by atoms with E-state index in [0.29, 0.717) is 76.3 Å². The number of hydrogen-bond donors (Lipinski definition) is 2. The van der Waals surface area contributed by atoms with E-state index in [2.05, 4.69) is 21.6 Å². The highest BCUT2D eigenvalue weighted by Crippen LogP contribution is 2.42. The Labute approximate surface area is 258 Å². The highest BCUT2D eigenvalue weighted by Gasteiger charge is 2.48. The molecule has 1 aromatic heterocycles. The number of aromatic hydroxyl groups is 1. The first-order chi connectivity index (χ1) is 21.4. The van der Waals surface area contributed by atoms with Crippen LogP contribution in [0.2, 0.25) is 0 Å². The summed E-state index contributed by atoms with van der Waals surface area (Å²) in [4.78, 5) is 17.1. The molecule has 44 heavy (non-hydrogen) atoms. The molecule has 7 rings (SSSR count). The third-order valence-corrected chi connectivity index (χ3v) is 10.2. The number of rotatable bonds is 7. The lowest BCUT2D eigenvalue weighted by molar-refractivity contribution is 0.0959. The molecular formula is C34H44FN5O4. The van der Waals surface area contributed by atoms with Crippen LogP contribution in [0.5, 0.6) is 11.8 Å². The molecule has 2 aromatic carbocycles. The van der Waals surface area contributed by atoms with Gasteiger partial charge in [-0.1, -0.05) is 19.9 Å². The number of aliphatic hydroxyl groups is 1. The fraction of sp³-hybridized carbons (Fsp3) is 0.588. The average Bonchev–Trinajstić information content (AvgIpc) is 3.43. The fourth-order valence-electron chi connectivity index (χ4n) is 8.20. The quantitative estimate of drug-likeness (QED) is 0.409. The molecule has 0 radical (unpaired) electrons. The molecule has 0 bridgehead atoms. The van der Waals surface area contributed by atoms with Crippen molar-refractivity contribution in [2.75, 3.05) is 69.0 Å². The maximum Gasteiger partial charge on any atom is 0.318 e. The maximum absolute atomic E-state index is 15.0. The number of phenols is 1. The lowest BCUT2D eigenvalue weighted by Gasteiger charge is -2.35. The molecule has 236 valence electrons. The van der Waals surface area contributed by atoms with Gasteiger partial charge < -0.3 is 29.5 Å². The second-order valence-electron chi connectivity index (χ2n) is 13.3. The Morgan fingerprint density at radius 3 is 2.86 bits per heavy atom. The molecule has 4 aliphatic rings. The summed E-state index contributed by atoms with van der Waals surface area (Å²) in [6.45, 7) is 10.7. The zero-order valence-electron chi connectivity index (χ0n) is 25.9. The number of halogens is 1. The van der Waals surface area contributed by atoms with Crippen molar-refractivity contribution in [3.63, 3.8) is 0 Å². The second kappa shape index (κ2) is 11.9. The third-order valence-electron chi connectivity index (χ3n) is 10.2. The van der Waals surface area contributed by atoms with Crippen LogP contribution in [-0.4, -0.2) is 89.8 Å². The topological polar surface area (TPSA) is 94.4 Å². The highest BCUT2D eigenvalue weighted by atomic mass is 19.1. The Balaban J connectivity index is 1.26. The number of benzene rings is 2. The van der Waals surface area contributed by atoms with Crippen LogP contribution in [-0.2, 0) is 24.1 Å². The van der Waals surface area contributed by atoms with Gasteiger partial charge in [-0.05, 0) is 67.6 Å². The van der Waals surface area contributed by atoms with Crippen molar-refractivity contribution in [1.29, 1.82) is 0 Å². The Kier molecular flexibility index (Phi) is 8.01. The summed E-state index contributed by atoms with van der Waals surface area (Å²) >= 11 is 0. The van der Waals surface area contributed by atoms with Crippen LogP contribution in [0.15, 0.2) is 24.3 Å². The lowest BCUT2D eigenvalue weighted by Crippen LogP contribution is -2.43. The van der Waals surface area contributed by atoms with E-state index in [0.717, 1.165) is 59.5 Å². The van der Waals surface area contributed by atoms with Crippen LogP contribution in [0.3, 0.4) is 0 Å². The molecule has 2 N–H and O–H groups in total. The Morgan fingerprint density at radius 1 is 1.14 bits per heavy atom. The average molecular weight is 606 g/mol. The van der Waals surface area contributed by atoms with Crippen LogP contribution in [0.1, 0.15) is 49.9 Å². The van der Waals surface area contributed by atoms with Gasteiger partial charge in [0.2, 0.25) is 0 Å². The van der Waals surface area contributed by atoms with Crippen LogP contribution < -0.4 is 14.5 Å². The van der Waals surface area contributed by atoms with Gasteiger partial charge in [0.05, 0.1) is 31.0 Å². The summed E-state index contributed by atoms with van der Waals surface area (Å²) in [6, 6.07) is 7.06. The maximum atomic E-state index is 15.0. The van der Waals surface area contributed by atoms with Gasteiger partial charge in [0.25, 0.3) is 0 Å². The van der Waals surface area contributed by atoms with E-state index >= 15 is 0 Å². The van der Waals surface area contributed by atoms with Crippen molar-refractivity contribution in [3.8, 4) is 11.8 Å². The van der Waals surface area contributed by atoms with E-state index in [1.54, 1.807) is 18.2 Å². The molecular weight excluding hydrogens is 561 g/mol. The minimum absolute atomic E-state index is 0.000459. The summed E-state index contributed by atoms with van der Waals surface area (Å²) in [5.74, 6) is 1.43. The number of aryl methyl sites for hydroxylation is 1. The molecule has 9 nitrogen and oxygen atoms in total. The first-order valence-electron chi connectivity index (χ1n) is 16.3. The van der Waals surface area contributed by atoms with Crippen molar-refractivity contribution in [1.82, 2.24) is 14.9 Å². The number of nitrogens with zero attached hydrogens (tertiary/aromatic N) is 5. The summed E-state index contributed by atoms with van der Waals surface area (Å²) in [7, 11) is 0. The number of ether oxygens (including phenoxy) is 2. The van der Waals surface area contributed by atoms with E-state index in [4.69, 9.17) is 19.4 Å². The molecule has 0 amide bonds. The van der Waals surface area contributed by atoms with Crippen molar-refractivity contribution in [3.05, 3.63) is 46.9 Å². The first-order valence-corrected chi connectivity index (χ1v) is 16.3. The normalized spacial score (nSPS) is 25.7. The third kappa shape index (κ3) is 5.35. The SMILES string of the molecule is CCc1c(F)ccc2cc(O)cc(N3CCc4c(nc(OC[C@@]56CCCN5C[C@H](C)C6)nc4N4CCOCC(CO)C4)C3)c12. The van der Waals surface area contributed by atoms with Crippen molar-refractivity contribution >= 4 is 22.3 Å². The Hall–Kier alpha value is -3.21. The number of phenolic OH excluding ortho intramolecular Hbond substituents is 1. The number of aliphatic hydroxyl groups excluding tert-OH is 1. The van der Waals surface area contributed by atoms with Crippen molar-refractivity contribution < 1.29 is 24.1 Å². The van der Waals surface area contributed by atoms with Gasteiger partial charge in [0, 0.05) is 61.4 Å². The van der Waals surface area contributed by atoms with Gasteiger partial charge >= 0.3 is 6.01 Å². The Morgan fingerprint density at radius 2 is 2.02 bits per heavy atom. The predicted molar refractivity (Wildman–Crippen MR) is 168 cm³/mol. The molecule has 0 saturated carbocycles. The molecule has 3 saturated heterocycles. The first kappa shape index (κ1) is 29.5. The Bertz CT molecular complexity index is 1540. The van der Waals surface area contributed by atoms with Gasteiger partial charge in [-0.2, -0.15) is 9.97 Å². The highest BCUT2D eigenvalue weighted by molar-refractivity contribution is 5.98. The standard InChI is InChI=1S/C34H44FN5O4/c1-3-26-28(35)6-5-24-13-25(42)14-30(31(24)26)38-10-7-27-29(18-38)36-33(37-32(27)39-11-12-43-20-23(17-39)19-41)44-21-34-8-4-9-40(34)16-22(2)15-34/h5-6,13-14,22-23,41-42H,3-4,7-12,15-21H2,1-2H3/t22-,23?,34+/m1/s1. The molecule has 3 aromatic rings. The van der Waals surface area contributed by atoms with Gasteiger partial charge in [-0.3, -0.25) is 4.90 Å². The number of fused-ring (bicyclic) bond motifs is 3.